The van der Waals surface area contributed by atoms with Gasteiger partial charge in [0.1, 0.15) is 11.5 Å². The van der Waals surface area contributed by atoms with Gasteiger partial charge in [-0.05, 0) is 89.2 Å². The summed E-state index contributed by atoms with van der Waals surface area (Å²) in [5.74, 6) is 1.87. The molecule has 0 amide bonds. The molecule has 180 valence electrons. The molecule has 0 atom stereocenters. The third-order valence-corrected chi connectivity index (χ3v) is 10.8. The van der Waals surface area contributed by atoms with Crippen LogP contribution in [0.15, 0.2) is 53.1 Å². The molecule has 0 fully saturated rings. The third-order valence-electron chi connectivity index (χ3n) is 6.41. The van der Waals surface area contributed by atoms with Crippen molar-refractivity contribution in [3.05, 3.63) is 58.7 Å². The Balaban J connectivity index is 2.81. The van der Waals surface area contributed by atoms with Crippen LogP contribution in [-0.2, 0) is 6.42 Å². The SMILES string of the molecule is COc1ccc(O[Si](C)(C)C(C)(C)C)c(C/C(C)=C\CC/C(C)=C/CC/C(C)=C/CO)c1. The Morgan fingerprint density at radius 1 is 0.938 bits per heavy atom. The van der Waals surface area contributed by atoms with Crippen molar-refractivity contribution >= 4 is 8.32 Å². The van der Waals surface area contributed by atoms with Crippen LogP contribution in [0.4, 0.5) is 0 Å². The average Bonchev–Trinajstić information content (AvgIpc) is 2.68. The molecule has 0 aliphatic rings. The molecule has 0 unspecified atom stereocenters. The third kappa shape index (κ3) is 9.79. The summed E-state index contributed by atoms with van der Waals surface area (Å²) in [7, 11) is -0.193. The first-order chi connectivity index (χ1) is 14.9. The summed E-state index contributed by atoms with van der Waals surface area (Å²) in [5, 5.41) is 9.10. The number of aliphatic hydroxyl groups excluding tert-OH is 1. The monoisotopic (exact) mass is 458 g/mol. The van der Waals surface area contributed by atoms with Crippen LogP contribution >= 0.6 is 0 Å². The molecule has 1 aromatic carbocycles. The number of hydrogen-bond donors (Lipinski definition) is 1. The highest BCUT2D eigenvalue weighted by atomic mass is 28.4. The van der Waals surface area contributed by atoms with Crippen LogP contribution in [0.25, 0.3) is 0 Å². The lowest BCUT2D eigenvalue weighted by Crippen LogP contribution is -2.44. The number of ether oxygens (including phenoxy) is 1. The molecule has 1 N–H and O–H groups in total. The van der Waals surface area contributed by atoms with E-state index in [4.69, 9.17) is 14.3 Å². The molecule has 0 aromatic heterocycles. The molecule has 4 heteroatoms. The molecule has 1 rings (SSSR count). The van der Waals surface area contributed by atoms with Crippen LogP contribution < -0.4 is 9.16 Å². The van der Waals surface area contributed by atoms with Crippen molar-refractivity contribution in [1.82, 2.24) is 0 Å². The van der Waals surface area contributed by atoms with Crippen LogP contribution in [0.1, 0.15) is 72.8 Å². The summed E-state index contributed by atoms with van der Waals surface area (Å²) in [6.07, 6.45) is 11.6. The van der Waals surface area contributed by atoms with Crippen LogP contribution in [0.3, 0.4) is 0 Å². The number of allylic oxidation sites excluding steroid dienone is 5. The van der Waals surface area contributed by atoms with Gasteiger partial charge in [0.15, 0.2) is 0 Å². The minimum atomic E-state index is -1.91. The zero-order chi connectivity index (χ0) is 24.4. The Hall–Kier alpha value is -1.78. The largest absolute Gasteiger partial charge is 0.543 e. The second-order valence-electron chi connectivity index (χ2n) is 10.4. The van der Waals surface area contributed by atoms with E-state index in [0.717, 1.165) is 43.6 Å². The van der Waals surface area contributed by atoms with E-state index in [0.29, 0.717) is 0 Å². The Kier molecular flexibility index (Phi) is 11.5. The van der Waals surface area contributed by atoms with Crippen molar-refractivity contribution < 1.29 is 14.3 Å². The summed E-state index contributed by atoms with van der Waals surface area (Å²) in [4.78, 5) is 0. The van der Waals surface area contributed by atoms with Crippen LogP contribution in [-0.4, -0.2) is 27.1 Å². The van der Waals surface area contributed by atoms with Gasteiger partial charge in [0.05, 0.1) is 13.7 Å². The Bertz CT molecular complexity index is 810. The number of aliphatic hydroxyl groups is 1. The molecular weight excluding hydrogens is 412 g/mol. The lowest BCUT2D eigenvalue weighted by molar-refractivity contribution is 0.341. The topological polar surface area (TPSA) is 38.7 Å². The molecular formula is C28H46O3Si. The van der Waals surface area contributed by atoms with Crippen LogP contribution in [0.2, 0.25) is 18.1 Å². The van der Waals surface area contributed by atoms with Crippen molar-refractivity contribution in [2.45, 2.75) is 91.8 Å². The van der Waals surface area contributed by atoms with E-state index < -0.39 is 8.32 Å². The van der Waals surface area contributed by atoms with Gasteiger partial charge in [-0.25, -0.2) is 0 Å². The normalized spacial score (nSPS) is 14.0. The molecule has 0 aliphatic heterocycles. The smallest absolute Gasteiger partial charge is 0.250 e. The van der Waals surface area contributed by atoms with E-state index in [1.165, 1.54) is 22.3 Å². The fourth-order valence-electron chi connectivity index (χ4n) is 3.17. The molecule has 0 saturated heterocycles. The molecule has 0 radical (unpaired) electrons. The number of hydrogen-bond acceptors (Lipinski definition) is 3. The van der Waals surface area contributed by atoms with E-state index in [9.17, 15) is 0 Å². The lowest BCUT2D eigenvalue weighted by atomic mass is 10.0. The standard InChI is InChI=1S/C28H46O3Si/c1-22(12-10-14-23(2)18-19-29)13-11-15-24(3)20-25-21-26(30-7)16-17-27(25)31-32(8,9)28(4,5)6/h12,15-18,21,29H,10-11,13-14,19-20H2,1-9H3/b22-12+,23-18+,24-15-. The van der Waals surface area contributed by atoms with Gasteiger partial charge in [0.25, 0.3) is 0 Å². The maximum Gasteiger partial charge on any atom is 0.250 e. The maximum absolute atomic E-state index is 8.95. The molecule has 1 aromatic rings. The summed E-state index contributed by atoms with van der Waals surface area (Å²) < 4.78 is 12.1. The predicted octanol–water partition coefficient (Wildman–Crippen LogP) is 8.01. The van der Waals surface area contributed by atoms with Gasteiger partial charge in [-0.15, -0.1) is 0 Å². The highest BCUT2D eigenvalue weighted by Gasteiger charge is 2.39. The second kappa shape index (κ2) is 13.1. The summed E-state index contributed by atoms with van der Waals surface area (Å²) in [6.45, 7) is 18.0. The second-order valence-corrected chi connectivity index (χ2v) is 15.1. The minimum absolute atomic E-state index is 0.133. The first-order valence-electron chi connectivity index (χ1n) is 11.8. The fourth-order valence-corrected chi connectivity index (χ4v) is 4.23. The molecule has 0 aliphatic carbocycles. The predicted molar refractivity (Wildman–Crippen MR) is 141 cm³/mol. The van der Waals surface area contributed by atoms with Gasteiger partial charge in [0.2, 0.25) is 8.32 Å². The molecule has 0 saturated carbocycles. The van der Waals surface area contributed by atoms with Crippen molar-refractivity contribution in [2.75, 3.05) is 13.7 Å². The summed E-state index contributed by atoms with van der Waals surface area (Å²) >= 11 is 0. The Morgan fingerprint density at radius 3 is 2.03 bits per heavy atom. The van der Waals surface area contributed by atoms with Gasteiger partial charge >= 0.3 is 0 Å². The molecule has 0 bridgehead atoms. The van der Waals surface area contributed by atoms with E-state index in [1.807, 2.05) is 12.1 Å². The molecule has 3 nitrogen and oxygen atoms in total. The molecule has 0 heterocycles. The van der Waals surface area contributed by atoms with Crippen molar-refractivity contribution in [2.24, 2.45) is 0 Å². The number of benzene rings is 1. The lowest BCUT2D eigenvalue weighted by Gasteiger charge is -2.37. The Labute approximate surface area is 198 Å². The van der Waals surface area contributed by atoms with E-state index in [2.05, 4.69) is 78.9 Å². The van der Waals surface area contributed by atoms with Gasteiger partial charge in [-0.1, -0.05) is 55.7 Å². The van der Waals surface area contributed by atoms with Gasteiger partial charge in [-0.3, -0.25) is 0 Å². The van der Waals surface area contributed by atoms with E-state index >= 15 is 0 Å². The van der Waals surface area contributed by atoms with Gasteiger partial charge in [-0.2, -0.15) is 0 Å². The number of rotatable bonds is 12. The van der Waals surface area contributed by atoms with Crippen LogP contribution in [0.5, 0.6) is 11.5 Å². The Morgan fingerprint density at radius 2 is 1.50 bits per heavy atom. The van der Waals surface area contributed by atoms with Crippen molar-refractivity contribution in [1.29, 1.82) is 0 Å². The summed E-state index contributed by atoms with van der Waals surface area (Å²) in [6, 6.07) is 6.19. The molecule has 32 heavy (non-hydrogen) atoms. The van der Waals surface area contributed by atoms with Crippen molar-refractivity contribution in [3.63, 3.8) is 0 Å². The quantitative estimate of drug-likeness (QED) is 0.254. The maximum atomic E-state index is 8.95. The summed E-state index contributed by atoms with van der Waals surface area (Å²) in [5.41, 5.74) is 5.23. The van der Waals surface area contributed by atoms with Gasteiger partial charge < -0.3 is 14.3 Å². The highest BCUT2D eigenvalue weighted by molar-refractivity contribution is 6.74. The minimum Gasteiger partial charge on any atom is -0.543 e. The van der Waals surface area contributed by atoms with E-state index in [-0.39, 0.29) is 11.6 Å². The van der Waals surface area contributed by atoms with Crippen LogP contribution in [0, 0.1) is 0 Å². The highest BCUT2D eigenvalue weighted by Crippen LogP contribution is 2.39. The first-order valence-corrected chi connectivity index (χ1v) is 14.7. The van der Waals surface area contributed by atoms with E-state index in [1.54, 1.807) is 7.11 Å². The average molecular weight is 459 g/mol. The van der Waals surface area contributed by atoms with Crippen molar-refractivity contribution in [3.8, 4) is 11.5 Å². The first kappa shape index (κ1) is 28.2. The number of methoxy groups -OCH3 is 1. The fraction of sp³-hybridized carbons (Fsp3) is 0.571. The zero-order valence-corrected chi connectivity index (χ0v) is 23.0. The zero-order valence-electron chi connectivity index (χ0n) is 22.0. The van der Waals surface area contributed by atoms with Gasteiger partial charge in [0, 0.05) is 5.56 Å². The molecule has 0 spiro atoms.